The van der Waals surface area contributed by atoms with E-state index in [2.05, 4.69) is 240 Å². The van der Waals surface area contributed by atoms with Crippen LogP contribution in [0.3, 0.4) is 0 Å². The van der Waals surface area contributed by atoms with Gasteiger partial charge in [0.05, 0.1) is 0 Å². The minimum absolute atomic E-state index is 0.0436. The van der Waals surface area contributed by atoms with Crippen molar-refractivity contribution in [3.8, 4) is 185 Å². The van der Waals surface area contributed by atoms with Gasteiger partial charge < -0.3 is 37.9 Å². The molecule has 8 nitrogen and oxygen atoms in total. The zero-order valence-corrected chi connectivity index (χ0v) is 57.2. The first-order valence-electron chi connectivity index (χ1n) is 35.1. The average Bonchev–Trinajstić information content (AvgIpc) is 1.36. The molecule has 16 aromatic carbocycles. The molecule has 0 aromatic heterocycles. The monoisotopic (exact) mass is 1380 g/mol. The average molecular weight is 1380 g/mol. The van der Waals surface area contributed by atoms with Crippen molar-refractivity contribution in [2.24, 2.45) is 0 Å². The highest BCUT2D eigenvalue weighted by Gasteiger charge is 2.28. The lowest BCUT2D eigenvalue weighted by Crippen LogP contribution is -2.03. The standard InChI is InChI=1S/C100H48O8/c1-2-10-62-18-26-70-34-42-86-94(78(70)50-62)96-80-52-64(20-28-72(80)36-44-88(96)104-58-102-86)12-5-6-14-66-22-30-74-38-46-90-98(82(74)54-66)100-84-56-68(24-32-76(84)40-48-92(100)108-60-106-90)16-8-7-15-67-23-31-75-39-47-91-99(83(75)55-67)97-81-53-65(21-29-73(81)37-45-89(97)105-59-107-91)13-4-3-11-63-19-27-71-35-43-87-95(79(71)51-63)93-77-49-61(9-1)17-25-69(77)33-41-85(93)101-57-103-87/h17-56H,57-60H2. The topological polar surface area (TPSA) is 73.8 Å². The molecular weight excluding hydrogens is 1330 g/mol. The summed E-state index contributed by atoms with van der Waals surface area (Å²) in [6.07, 6.45) is 0. The Hall–Kier alpha value is -15.5. The minimum atomic E-state index is 0.0436. The lowest BCUT2D eigenvalue weighted by molar-refractivity contribution is 0.124. The van der Waals surface area contributed by atoms with Gasteiger partial charge in [-0.2, -0.15) is 0 Å². The Morgan fingerprint density at radius 2 is 0.269 bits per heavy atom. The molecule has 21 rings (SSSR count). The highest BCUT2D eigenvalue weighted by molar-refractivity contribution is 6.15. The van der Waals surface area contributed by atoms with Crippen LogP contribution in [0.15, 0.2) is 243 Å². The number of rotatable bonds is 0. The quantitative estimate of drug-likeness (QED) is 0.139. The van der Waals surface area contributed by atoms with E-state index in [-0.39, 0.29) is 27.2 Å². The first-order valence-corrected chi connectivity index (χ1v) is 35.1. The molecule has 0 fully saturated rings. The van der Waals surface area contributed by atoms with E-state index in [1.807, 2.05) is 97.1 Å². The molecule has 4 heterocycles. The van der Waals surface area contributed by atoms with Crippen molar-refractivity contribution in [2.75, 3.05) is 27.2 Å². The van der Waals surface area contributed by atoms with Crippen LogP contribution in [0, 0.1) is 94.7 Å². The Morgan fingerprint density at radius 1 is 0.148 bits per heavy atom. The Balaban J connectivity index is 0.708. The fourth-order valence-corrected chi connectivity index (χ4v) is 15.5. The smallest absolute Gasteiger partial charge is 0.230 e. The minimum Gasteiger partial charge on any atom is -0.457 e. The summed E-state index contributed by atoms with van der Waals surface area (Å²) >= 11 is 0. The van der Waals surface area contributed by atoms with Gasteiger partial charge in [-0.05, 0) is 279 Å². The van der Waals surface area contributed by atoms with E-state index >= 15 is 0 Å². The first kappa shape index (κ1) is 61.2. The molecule has 0 radical (unpaired) electrons. The van der Waals surface area contributed by atoms with Crippen molar-refractivity contribution in [1.82, 2.24) is 0 Å². The van der Waals surface area contributed by atoms with Crippen LogP contribution in [0.5, 0.6) is 46.0 Å². The number of ether oxygens (including phenoxy) is 8. The molecule has 0 saturated carbocycles. The summed E-state index contributed by atoms with van der Waals surface area (Å²) in [5, 5.41) is 15.8. The number of fused-ring (bicyclic) bond motifs is 8. The van der Waals surface area contributed by atoms with Crippen LogP contribution in [0.1, 0.15) is 44.5 Å². The van der Waals surface area contributed by atoms with Crippen LogP contribution in [-0.4, -0.2) is 27.2 Å². The Bertz CT molecular complexity index is 6070. The second-order valence-corrected chi connectivity index (χ2v) is 26.6. The van der Waals surface area contributed by atoms with Crippen LogP contribution >= 0.6 is 0 Å². The van der Waals surface area contributed by atoms with Crippen molar-refractivity contribution >= 4 is 86.2 Å². The zero-order chi connectivity index (χ0) is 71.2. The SMILES string of the molecule is C1#Cc2ccc3ccc4c(c3c2)-c2c(ccc3ccc(cc23)C#CC#Cc2ccc3ccc5c(c3c2)-c2c(ccc3ccc(cc23)C#CC#Cc2ccc3ccc6c(c3c2)-c2c(ccc3ccc(cc23)C#CC#Cc2ccc3ccc7c(c3c2)-c2c(ccc3ccc(cc23)C#C1)OCO7)OCO6)OCO5)OCO4. The van der Waals surface area contributed by atoms with E-state index in [4.69, 9.17) is 37.9 Å². The number of hydrogen-bond acceptors (Lipinski definition) is 8. The first-order chi connectivity index (χ1) is 53.5. The summed E-state index contributed by atoms with van der Waals surface area (Å²) in [6.45, 7) is 0.175. The van der Waals surface area contributed by atoms with Crippen molar-refractivity contribution < 1.29 is 37.9 Å². The molecule has 16 aromatic rings. The molecule has 16 bridgehead atoms. The predicted molar refractivity (Wildman–Crippen MR) is 427 cm³/mol. The maximum Gasteiger partial charge on any atom is 0.230 e. The van der Waals surface area contributed by atoms with Gasteiger partial charge in [-0.1, -0.05) is 144 Å². The third-order valence-corrected chi connectivity index (χ3v) is 20.5. The van der Waals surface area contributed by atoms with Gasteiger partial charge in [0.15, 0.2) is 0 Å². The third kappa shape index (κ3) is 10.7. The molecule has 108 heavy (non-hydrogen) atoms. The van der Waals surface area contributed by atoms with Gasteiger partial charge in [0.2, 0.25) is 27.2 Å². The summed E-state index contributed by atoms with van der Waals surface area (Å²) in [6, 6.07) is 82.3. The summed E-state index contributed by atoms with van der Waals surface area (Å²) in [5.74, 6) is 57.9. The molecule has 8 heteroatoms. The number of benzene rings is 16. The molecule has 0 atom stereocenters. The molecule has 0 saturated heterocycles. The van der Waals surface area contributed by atoms with Crippen LogP contribution in [-0.2, 0) is 0 Å². The number of hydrogen-bond donors (Lipinski definition) is 0. The van der Waals surface area contributed by atoms with Gasteiger partial charge in [-0.3, -0.25) is 0 Å². The molecule has 0 amide bonds. The normalized spacial score (nSPS) is 12.9. The van der Waals surface area contributed by atoms with E-state index in [0.717, 1.165) is 175 Å². The molecular formula is C100H48O8. The van der Waals surface area contributed by atoms with Gasteiger partial charge in [-0.25, -0.2) is 0 Å². The summed E-state index contributed by atoms with van der Waals surface area (Å²) < 4.78 is 50.9. The Morgan fingerprint density at radius 3 is 0.398 bits per heavy atom. The molecule has 4 aliphatic heterocycles. The Kier molecular flexibility index (Phi) is 14.3. The van der Waals surface area contributed by atoms with Gasteiger partial charge in [0, 0.05) is 89.0 Å². The van der Waals surface area contributed by atoms with E-state index in [0.29, 0.717) is 46.0 Å². The van der Waals surface area contributed by atoms with Crippen molar-refractivity contribution in [3.05, 3.63) is 287 Å². The second kappa shape index (κ2) is 25.2. The lowest BCUT2D eigenvalue weighted by atomic mass is 9.91. The van der Waals surface area contributed by atoms with E-state index in [1.165, 1.54) is 0 Å². The predicted octanol–water partition coefficient (Wildman–Crippen LogP) is 20.4. The lowest BCUT2D eigenvalue weighted by Gasteiger charge is -2.14. The van der Waals surface area contributed by atoms with E-state index in [1.54, 1.807) is 0 Å². The fraction of sp³-hybridized carbons (Fsp3) is 0.0400. The Labute approximate surface area is 619 Å². The molecule has 0 spiro atoms. The van der Waals surface area contributed by atoms with Crippen molar-refractivity contribution in [1.29, 1.82) is 0 Å². The largest absolute Gasteiger partial charge is 0.457 e. The third-order valence-electron chi connectivity index (χ3n) is 20.5. The van der Waals surface area contributed by atoms with Crippen LogP contribution < -0.4 is 37.9 Å². The maximum atomic E-state index is 6.36. The van der Waals surface area contributed by atoms with Crippen LogP contribution in [0.25, 0.3) is 131 Å². The summed E-state index contributed by atoms with van der Waals surface area (Å²) in [5.41, 5.74) is 13.6. The zero-order valence-electron chi connectivity index (χ0n) is 57.2. The highest BCUT2D eigenvalue weighted by Crippen LogP contribution is 2.52. The van der Waals surface area contributed by atoms with Crippen LogP contribution in [0.2, 0.25) is 0 Å². The summed E-state index contributed by atoms with van der Waals surface area (Å²) in [4.78, 5) is 0. The molecule has 496 valence electrons. The van der Waals surface area contributed by atoms with Gasteiger partial charge in [-0.15, -0.1) is 0 Å². The summed E-state index contributed by atoms with van der Waals surface area (Å²) in [7, 11) is 0. The molecule has 0 unspecified atom stereocenters. The highest BCUT2D eigenvalue weighted by atomic mass is 16.7. The van der Waals surface area contributed by atoms with Gasteiger partial charge in [0.25, 0.3) is 0 Å². The molecule has 5 aliphatic rings. The van der Waals surface area contributed by atoms with E-state index in [9.17, 15) is 0 Å². The van der Waals surface area contributed by atoms with Crippen molar-refractivity contribution in [3.63, 3.8) is 0 Å². The van der Waals surface area contributed by atoms with Gasteiger partial charge in [0.1, 0.15) is 46.0 Å². The maximum absolute atomic E-state index is 6.36. The van der Waals surface area contributed by atoms with Crippen molar-refractivity contribution in [2.45, 2.75) is 0 Å². The van der Waals surface area contributed by atoms with E-state index < -0.39 is 0 Å². The molecule has 1 aliphatic carbocycles. The molecule has 0 N–H and O–H groups in total. The van der Waals surface area contributed by atoms with Crippen LogP contribution in [0.4, 0.5) is 0 Å². The fourth-order valence-electron chi connectivity index (χ4n) is 15.5. The second-order valence-electron chi connectivity index (χ2n) is 26.6. The van der Waals surface area contributed by atoms with Gasteiger partial charge >= 0.3 is 0 Å².